The van der Waals surface area contributed by atoms with Crippen molar-refractivity contribution in [2.45, 2.75) is 25.3 Å². The van der Waals surface area contributed by atoms with Gasteiger partial charge in [-0.1, -0.05) is 25.4 Å². The Labute approximate surface area is 131 Å². The molecule has 1 heterocycles. The molecule has 1 aliphatic heterocycles. The number of aliphatic carboxylic acids is 1. The van der Waals surface area contributed by atoms with E-state index in [0.29, 0.717) is 5.75 Å². The van der Waals surface area contributed by atoms with E-state index in [-0.39, 0.29) is 21.9 Å². The molecule has 0 aliphatic carbocycles. The van der Waals surface area contributed by atoms with E-state index in [1.54, 1.807) is 0 Å². The molecule has 114 valence electrons. The number of carbonyl (C=O) groups excluding carboxylic acids is 1. The van der Waals surface area contributed by atoms with E-state index in [9.17, 15) is 19.1 Å². The minimum Gasteiger partial charge on any atom is -0.480 e. The standard InChI is InChI=1S/C14H15ClFNO3S/c1-7(2)13-17(11(6-21-13)14(19)20)12(18)8-3-4-9(15)10(16)5-8/h3-5,7,11,13H,6H2,1-2H3,(H,19,20). The zero-order chi connectivity index (χ0) is 15.7. The summed E-state index contributed by atoms with van der Waals surface area (Å²) in [5.74, 6) is -1.79. The number of thioether (sulfide) groups is 1. The molecule has 1 fully saturated rings. The van der Waals surface area contributed by atoms with E-state index in [0.717, 1.165) is 6.07 Å². The number of carboxylic acid groups (broad SMARTS) is 1. The predicted octanol–water partition coefficient (Wildman–Crippen LogP) is 3.10. The average Bonchev–Trinajstić information content (AvgIpc) is 2.86. The van der Waals surface area contributed by atoms with Crippen LogP contribution >= 0.6 is 23.4 Å². The van der Waals surface area contributed by atoms with Gasteiger partial charge in [0.15, 0.2) is 0 Å². The second kappa shape index (κ2) is 6.23. The molecule has 1 amide bonds. The van der Waals surface area contributed by atoms with Crippen LogP contribution in [-0.2, 0) is 4.79 Å². The van der Waals surface area contributed by atoms with Gasteiger partial charge in [-0.25, -0.2) is 9.18 Å². The third-order valence-corrected chi connectivity index (χ3v) is 5.22. The summed E-state index contributed by atoms with van der Waals surface area (Å²) in [4.78, 5) is 25.2. The van der Waals surface area contributed by atoms with Crippen LogP contribution in [0.15, 0.2) is 18.2 Å². The van der Waals surface area contributed by atoms with Crippen molar-refractivity contribution in [1.82, 2.24) is 4.90 Å². The highest BCUT2D eigenvalue weighted by Gasteiger charge is 2.43. The minimum absolute atomic E-state index is 0.0717. The van der Waals surface area contributed by atoms with Crippen LogP contribution < -0.4 is 0 Å². The van der Waals surface area contributed by atoms with Gasteiger partial charge < -0.3 is 10.0 Å². The molecule has 7 heteroatoms. The van der Waals surface area contributed by atoms with Crippen LogP contribution in [-0.4, -0.2) is 39.1 Å². The number of carbonyl (C=O) groups is 2. The fourth-order valence-electron chi connectivity index (χ4n) is 2.27. The van der Waals surface area contributed by atoms with Crippen molar-refractivity contribution < 1.29 is 19.1 Å². The number of rotatable bonds is 3. The Morgan fingerprint density at radius 3 is 2.67 bits per heavy atom. The average molecular weight is 332 g/mol. The Hall–Kier alpha value is -1.27. The van der Waals surface area contributed by atoms with Crippen LogP contribution in [0.5, 0.6) is 0 Å². The number of carboxylic acids is 1. The summed E-state index contributed by atoms with van der Waals surface area (Å²) in [6, 6.07) is 2.86. The van der Waals surface area contributed by atoms with Gasteiger partial charge in [0, 0.05) is 11.3 Å². The molecule has 1 aromatic carbocycles. The third-order valence-electron chi connectivity index (χ3n) is 3.29. The fraction of sp³-hybridized carbons (Fsp3) is 0.429. The molecule has 2 atom stereocenters. The molecule has 1 aromatic rings. The monoisotopic (exact) mass is 331 g/mol. The normalized spacial score (nSPS) is 21.9. The van der Waals surface area contributed by atoms with Crippen LogP contribution in [0.25, 0.3) is 0 Å². The van der Waals surface area contributed by atoms with Gasteiger partial charge in [-0.05, 0) is 24.1 Å². The van der Waals surface area contributed by atoms with Crippen molar-refractivity contribution in [2.24, 2.45) is 5.92 Å². The van der Waals surface area contributed by atoms with E-state index in [1.807, 2.05) is 13.8 Å². The van der Waals surface area contributed by atoms with E-state index in [2.05, 4.69) is 0 Å². The number of halogens is 2. The Balaban J connectivity index is 2.36. The Morgan fingerprint density at radius 2 is 2.14 bits per heavy atom. The number of nitrogens with zero attached hydrogens (tertiary/aromatic N) is 1. The lowest BCUT2D eigenvalue weighted by Gasteiger charge is -2.29. The van der Waals surface area contributed by atoms with Gasteiger partial charge in [-0.3, -0.25) is 4.79 Å². The third kappa shape index (κ3) is 3.16. The lowest BCUT2D eigenvalue weighted by molar-refractivity contribution is -0.141. The molecule has 0 saturated carbocycles. The minimum atomic E-state index is -1.05. The number of hydrogen-bond donors (Lipinski definition) is 1. The van der Waals surface area contributed by atoms with Crippen molar-refractivity contribution >= 4 is 35.2 Å². The molecule has 4 nitrogen and oxygen atoms in total. The quantitative estimate of drug-likeness (QED) is 0.924. The van der Waals surface area contributed by atoms with Crippen molar-refractivity contribution in [2.75, 3.05) is 5.75 Å². The van der Waals surface area contributed by atoms with Crippen molar-refractivity contribution in [3.63, 3.8) is 0 Å². The van der Waals surface area contributed by atoms with Crippen LogP contribution in [0, 0.1) is 11.7 Å². The van der Waals surface area contributed by atoms with E-state index in [1.165, 1.54) is 28.8 Å². The molecule has 0 bridgehead atoms. The zero-order valence-corrected chi connectivity index (χ0v) is 13.1. The highest BCUT2D eigenvalue weighted by atomic mass is 35.5. The molecular weight excluding hydrogens is 317 g/mol. The molecule has 1 N–H and O–H groups in total. The lowest BCUT2D eigenvalue weighted by atomic mass is 10.1. The largest absolute Gasteiger partial charge is 0.480 e. The number of benzene rings is 1. The van der Waals surface area contributed by atoms with Crippen molar-refractivity contribution in [3.8, 4) is 0 Å². The Morgan fingerprint density at radius 1 is 1.48 bits per heavy atom. The van der Waals surface area contributed by atoms with Crippen LogP contribution in [0.2, 0.25) is 5.02 Å². The second-order valence-electron chi connectivity index (χ2n) is 5.16. The van der Waals surface area contributed by atoms with Gasteiger partial charge in [0.25, 0.3) is 5.91 Å². The van der Waals surface area contributed by atoms with E-state index >= 15 is 0 Å². The van der Waals surface area contributed by atoms with Gasteiger partial charge >= 0.3 is 5.97 Å². The van der Waals surface area contributed by atoms with Crippen molar-refractivity contribution in [1.29, 1.82) is 0 Å². The Kier molecular flexibility index (Phi) is 4.78. The van der Waals surface area contributed by atoms with Gasteiger partial charge in [0.1, 0.15) is 11.9 Å². The summed E-state index contributed by atoms with van der Waals surface area (Å²) in [7, 11) is 0. The first-order chi connectivity index (χ1) is 9.82. The molecular formula is C14H15ClFNO3S. The summed E-state index contributed by atoms with van der Waals surface area (Å²) < 4.78 is 13.5. The van der Waals surface area contributed by atoms with Crippen LogP contribution in [0.4, 0.5) is 4.39 Å². The van der Waals surface area contributed by atoms with Gasteiger partial charge in [-0.15, -0.1) is 11.8 Å². The maximum absolute atomic E-state index is 13.5. The van der Waals surface area contributed by atoms with Crippen LogP contribution in [0.1, 0.15) is 24.2 Å². The van der Waals surface area contributed by atoms with E-state index < -0.39 is 23.7 Å². The molecule has 2 rings (SSSR count). The summed E-state index contributed by atoms with van der Waals surface area (Å²) >= 11 is 7.03. The molecule has 0 spiro atoms. The topological polar surface area (TPSA) is 57.6 Å². The first-order valence-electron chi connectivity index (χ1n) is 6.45. The highest BCUT2D eigenvalue weighted by molar-refractivity contribution is 8.00. The first kappa shape index (κ1) is 16.1. The summed E-state index contributed by atoms with van der Waals surface area (Å²) in [6.07, 6.45) is 0. The molecule has 0 radical (unpaired) electrons. The summed E-state index contributed by atoms with van der Waals surface area (Å²) in [6.45, 7) is 3.84. The predicted molar refractivity (Wildman–Crippen MR) is 80.1 cm³/mol. The van der Waals surface area contributed by atoms with Crippen LogP contribution in [0.3, 0.4) is 0 Å². The molecule has 2 unspecified atom stereocenters. The molecule has 21 heavy (non-hydrogen) atoms. The second-order valence-corrected chi connectivity index (χ2v) is 6.72. The SMILES string of the molecule is CC(C)C1SCC(C(=O)O)N1C(=O)c1ccc(Cl)c(F)c1. The van der Waals surface area contributed by atoms with Gasteiger partial charge in [-0.2, -0.15) is 0 Å². The lowest BCUT2D eigenvalue weighted by Crippen LogP contribution is -2.47. The summed E-state index contributed by atoms with van der Waals surface area (Å²) in [5, 5.41) is 8.97. The smallest absolute Gasteiger partial charge is 0.327 e. The zero-order valence-electron chi connectivity index (χ0n) is 11.5. The van der Waals surface area contributed by atoms with E-state index in [4.69, 9.17) is 11.6 Å². The van der Waals surface area contributed by atoms with Gasteiger partial charge in [0.05, 0.1) is 10.4 Å². The highest BCUT2D eigenvalue weighted by Crippen LogP contribution is 2.35. The van der Waals surface area contributed by atoms with Crippen molar-refractivity contribution in [3.05, 3.63) is 34.6 Å². The Bertz CT molecular complexity index is 581. The maximum Gasteiger partial charge on any atom is 0.327 e. The maximum atomic E-state index is 13.5. The first-order valence-corrected chi connectivity index (χ1v) is 7.87. The fourth-order valence-corrected chi connectivity index (χ4v) is 3.86. The molecule has 1 saturated heterocycles. The molecule has 1 aliphatic rings. The number of amides is 1. The summed E-state index contributed by atoms with van der Waals surface area (Å²) in [5.41, 5.74) is 0.108. The molecule has 0 aromatic heterocycles. The van der Waals surface area contributed by atoms with Gasteiger partial charge in [0.2, 0.25) is 0 Å². The number of hydrogen-bond acceptors (Lipinski definition) is 3.